The van der Waals surface area contributed by atoms with Crippen molar-refractivity contribution < 1.29 is 14.4 Å². The molecule has 1 aliphatic heterocycles. The summed E-state index contributed by atoms with van der Waals surface area (Å²) in [6.45, 7) is 0.490. The molecule has 0 bridgehead atoms. The molecule has 0 aromatic rings. The highest BCUT2D eigenvalue weighted by molar-refractivity contribution is 5.83. The third-order valence-electron chi connectivity index (χ3n) is 1.87. The van der Waals surface area contributed by atoms with Gasteiger partial charge in [0.05, 0.1) is 0 Å². The maximum atomic E-state index is 11.2. The van der Waals surface area contributed by atoms with Gasteiger partial charge in [-0.25, -0.2) is 0 Å². The zero-order valence-electron chi connectivity index (χ0n) is 7.45. The third-order valence-corrected chi connectivity index (χ3v) is 1.87. The van der Waals surface area contributed by atoms with E-state index < -0.39 is 5.91 Å². The maximum absolute atomic E-state index is 11.2. The van der Waals surface area contributed by atoms with Gasteiger partial charge in [-0.3, -0.25) is 14.4 Å². The SMILES string of the molecule is CN1CCC(NOCC(N)=O)C1=O. The van der Waals surface area contributed by atoms with Crippen LogP contribution in [-0.2, 0) is 14.4 Å². The Labute approximate surface area is 76.0 Å². The molecule has 2 amide bonds. The quantitative estimate of drug-likeness (QED) is 0.510. The van der Waals surface area contributed by atoms with Crippen LogP contribution < -0.4 is 11.2 Å². The first-order valence-corrected chi connectivity index (χ1v) is 4.02. The van der Waals surface area contributed by atoms with Crippen LogP contribution in [0.3, 0.4) is 0 Å². The van der Waals surface area contributed by atoms with Gasteiger partial charge in [0.25, 0.3) is 0 Å². The van der Waals surface area contributed by atoms with Gasteiger partial charge < -0.3 is 10.6 Å². The van der Waals surface area contributed by atoms with Crippen LogP contribution in [0.5, 0.6) is 0 Å². The van der Waals surface area contributed by atoms with E-state index in [9.17, 15) is 9.59 Å². The Kier molecular flexibility index (Phi) is 3.21. The molecule has 1 saturated heterocycles. The average molecular weight is 187 g/mol. The third kappa shape index (κ3) is 2.67. The standard InChI is InChI=1S/C7H13N3O3/c1-10-3-2-5(7(10)12)9-13-4-6(8)11/h5,9H,2-4H2,1H3,(H2,8,11). The number of hydrogen-bond donors (Lipinski definition) is 2. The number of rotatable bonds is 4. The molecule has 1 heterocycles. The Morgan fingerprint density at radius 1 is 1.85 bits per heavy atom. The lowest BCUT2D eigenvalue weighted by molar-refractivity contribution is -0.135. The van der Waals surface area contributed by atoms with Crippen LogP contribution in [0.4, 0.5) is 0 Å². The normalized spacial score (nSPS) is 22.4. The zero-order chi connectivity index (χ0) is 9.84. The van der Waals surface area contributed by atoms with Gasteiger partial charge in [0.15, 0.2) is 0 Å². The molecule has 1 unspecified atom stereocenters. The molecule has 3 N–H and O–H groups in total. The van der Waals surface area contributed by atoms with Gasteiger partial charge in [0.2, 0.25) is 11.8 Å². The van der Waals surface area contributed by atoms with Crippen LogP contribution in [0.25, 0.3) is 0 Å². The molecule has 1 rings (SSSR count). The monoisotopic (exact) mass is 187 g/mol. The van der Waals surface area contributed by atoms with Crippen molar-refractivity contribution in [2.45, 2.75) is 12.5 Å². The van der Waals surface area contributed by atoms with E-state index in [4.69, 9.17) is 10.6 Å². The smallest absolute Gasteiger partial charge is 0.245 e. The van der Waals surface area contributed by atoms with E-state index in [0.29, 0.717) is 13.0 Å². The predicted octanol–water partition coefficient (Wildman–Crippen LogP) is -1.78. The van der Waals surface area contributed by atoms with Crippen molar-refractivity contribution in [1.29, 1.82) is 0 Å². The summed E-state index contributed by atoms with van der Waals surface area (Å²) >= 11 is 0. The van der Waals surface area contributed by atoms with E-state index >= 15 is 0 Å². The number of carbonyl (C=O) groups is 2. The number of carbonyl (C=O) groups excluding carboxylic acids is 2. The summed E-state index contributed by atoms with van der Waals surface area (Å²) in [6, 6.07) is -0.343. The first-order valence-electron chi connectivity index (χ1n) is 4.02. The molecule has 1 atom stereocenters. The van der Waals surface area contributed by atoms with Gasteiger partial charge in [-0.2, -0.15) is 5.48 Å². The van der Waals surface area contributed by atoms with E-state index in [-0.39, 0.29) is 18.6 Å². The van der Waals surface area contributed by atoms with E-state index in [0.717, 1.165) is 0 Å². The van der Waals surface area contributed by atoms with Crippen LogP contribution in [0.15, 0.2) is 0 Å². The van der Waals surface area contributed by atoms with Crippen molar-refractivity contribution >= 4 is 11.8 Å². The lowest BCUT2D eigenvalue weighted by Gasteiger charge is -2.10. The fraction of sp³-hybridized carbons (Fsp3) is 0.714. The first kappa shape index (κ1) is 9.94. The van der Waals surface area contributed by atoms with E-state index in [1.165, 1.54) is 0 Å². The van der Waals surface area contributed by atoms with Crippen molar-refractivity contribution in [2.75, 3.05) is 20.2 Å². The van der Waals surface area contributed by atoms with Crippen LogP contribution in [-0.4, -0.2) is 43.0 Å². The second kappa shape index (κ2) is 4.20. The molecule has 0 spiro atoms. The Balaban J connectivity index is 2.23. The molecule has 6 heteroatoms. The van der Waals surface area contributed by atoms with Gasteiger partial charge in [0, 0.05) is 13.6 Å². The van der Waals surface area contributed by atoms with Gasteiger partial charge in [0.1, 0.15) is 12.6 Å². The first-order chi connectivity index (χ1) is 6.11. The molecule has 0 saturated carbocycles. The van der Waals surface area contributed by atoms with Crippen LogP contribution in [0, 0.1) is 0 Å². The molecule has 0 aliphatic carbocycles. The van der Waals surface area contributed by atoms with Crippen molar-refractivity contribution in [3.8, 4) is 0 Å². The van der Waals surface area contributed by atoms with Gasteiger partial charge in [-0.05, 0) is 6.42 Å². The Hall–Kier alpha value is -1.14. The van der Waals surface area contributed by atoms with Gasteiger partial charge in [-0.1, -0.05) is 0 Å². The molecule has 6 nitrogen and oxygen atoms in total. The molecular formula is C7H13N3O3. The summed E-state index contributed by atoms with van der Waals surface area (Å²) in [5.41, 5.74) is 7.34. The maximum Gasteiger partial charge on any atom is 0.245 e. The summed E-state index contributed by atoms with van der Waals surface area (Å²) in [7, 11) is 1.72. The largest absolute Gasteiger partial charge is 0.368 e. The number of likely N-dealkylation sites (tertiary alicyclic amines) is 1. The van der Waals surface area contributed by atoms with E-state index in [1.807, 2.05) is 0 Å². The minimum atomic E-state index is -0.564. The Morgan fingerprint density at radius 2 is 2.54 bits per heavy atom. The van der Waals surface area contributed by atoms with Crippen molar-refractivity contribution in [3.63, 3.8) is 0 Å². The van der Waals surface area contributed by atoms with Crippen molar-refractivity contribution in [2.24, 2.45) is 5.73 Å². The Bertz CT molecular complexity index is 219. The number of hydroxylamine groups is 1. The second-order valence-corrected chi connectivity index (χ2v) is 2.97. The average Bonchev–Trinajstić information content (AvgIpc) is 2.35. The lowest BCUT2D eigenvalue weighted by Crippen LogP contribution is -2.38. The number of nitrogens with one attached hydrogen (secondary N) is 1. The molecule has 0 aromatic heterocycles. The lowest BCUT2D eigenvalue weighted by atomic mass is 10.3. The summed E-state index contributed by atoms with van der Waals surface area (Å²) in [6.07, 6.45) is 0.689. The van der Waals surface area contributed by atoms with E-state index in [2.05, 4.69) is 5.48 Å². The molecule has 74 valence electrons. The molecule has 1 aliphatic rings. The number of primary amides is 1. The highest BCUT2D eigenvalue weighted by Gasteiger charge is 2.28. The number of nitrogens with zero attached hydrogens (tertiary/aromatic N) is 1. The van der Waals surface area contributed by atoms with Crippen LogP contribution in [0.2, 0.25) is 0 Å². The number of hydrogen-bond acceptors (Lipinski definition) is 4. The predicted molar refractivity (Wildman–Crippen MR) is 44.3 cm³/mol. The summed E-state index contributed by atoms with van der Waals surface area (Å²) in [4.78, 5) is 27.9. The topological polar surface area (TPSA) is 84.7 Å². The van der Waals surface area contributed by atoms with Gasteiger partial charge in [-0.15, -0.1) is 0 Å². The number of amides is 2. The van der Waals surface area contributed by atoms with Gasteiger partial charge >= 0.3 is 0 Å². The molecule has 13 heavy (non-hydrogen) atoms. The second-order valence-electron chi connectivity index (χ2n) is 2.97. The summed E-state index contributed by atoms with van der Waals surface area (Å²) in [5.74, 6) is -0.587. The highest BCUT2D eigenvalue weighted by Crippen LogP contribution is 2.07. The number of nitrogens with two attached hydrogens (primary N) is 1. The highest BCUT2D eigenvalue weighted by atomic mass is 16.6. The summed E-state index contributed by atoms with van der Waals surface area (Å²) < 4.78 is 0. The minimum absolute atomic E-state index is 0.0236. The van der Waals surface area contributed by atoms with Crippen LogP contribution >= 0.6 is 0 Å². The zero-order valence-corrected chi connectivity index (χ0v) is 7.45. The molecule has 0 aromatic carbocycles. The molecule has 0 radical (unpaired) electrons. The molecule has 1 fully saturated rings. The molecular weight excluding hydrogens is 174 g/mol. The number of likely N-dealkylation sites (N-methyl/N-ethyl adjacent to an activating group) is 1. The van der Waals surface area contributed by atoms with E-state index in [1.54, 1.807) is 11.9 Å². The minimum Gasteiger partial charge on any atom is -0.368 e. The summed E-state index contributed by atoms with van der Waals surface area (Å²) in [5, 5.41) is 0. The van der Waals surface area contributed by atoms with Crippen LogP contribution in [0.1, 0.15) is 6.42 Å². The van der Waals surface area contributed by atoms with Crippen molar-refractivity contribution in [3.05, 3.63) is 0 Å². The fourth-order valence-electron chi connectivity index (χ4n) is 1.15. The Morgan fingerprint density at radius 3 is 3.00 bits per heavy atom. The fourth-order valence-corrected chi connectivity index (χ4v) is 1.15. The van der Waals surface area contributed by atoms with Crippen molar-refractivity contribution in [1.82, 2.24) is 10.4 Å².